The molecule has 0 radical (unpaired) electrons. The second kappa shape index (κ2) is 4.67. The molecule has 1 aromatic rings. The third kappa shape index (κ3) is 2.12. The Morgan fingerprint density at radius 3 is 2.16 bits per heavy atom. The first-order valence-electron chi connectivity index (χ1n) is 7.60. The summed E-state index contributed by atoms with van der Waals surface area (Å²) in [6.45, 7) is 0. The lowest BCUT2D eigenvalue weighted by molar-refractivity contribution is -0.0381. The maximum atomic E-state index is 6.86. The lowest BCUT2D eigenvalue weighted by atomic mass is 9.51. The van der Waals surface area contributed by atoms with Crippen molar-refractivity contribution in [3.63, 3.8) is 0 Å². The first-order valence-corrected chi connectivity index (χ1v) is 8.41. The minimum absolute atomic E-state index is 0.161. The summed E-state index contributed by atoms with van der Waals surface area (Å²) in [5.41, 5.74) is 1.23. The van der Waals surface area contributed by atoms with E-state index in [4.69, 9.17) is 23.2 Å². The van der Waals surface area contributed by atoms with Gasteiger partial charge in [-0.1, -0.05) is 23.7 Å². The highest BCUT2D eigenvalue weighted by Gasteiger charge is 2.50. The average molecular weight is 295 g/mol. The van der Waals surface area contributed by atoms with E-state index in [-0.39, 0.29) is 5.38 Å². The molecule has 1 unspecified atom stereocenters. The van der Waals surface area contributed by atoms with E-state index >= 15 is 0 Å². The van der Waals surface area contributed by atoms with Crippen molar-refractivity contribution in [1.29, 1.82) is 0 Å². The van der Waals surface area contributed by atoms with E-state index in [1.54, 1.807) is 0 Å². The van der Waals surface area contributed by atoms with Gasteiger partial charge in [-0.2, -0.15) is 0 Å². The number of halogens is 2. The molecule has 1 aromatic carbocycles. The molecule has 102 valence electrons. The molecule has 0 spiro atoms. The number of benzene rings is 1. The molecule has 0 aliphatic heterocycles. The Labute approximate surface area is 125 Å². The second-order valence-electron chi connectivity index (χ2n) is 6.96. The van der Waals surface area contributed by atoms with Gasteiger partial charge in [0, 0.05) is 5.02 Å². The Hall–Kier alpha value is -0.200. The zero-order valence-electron chi connectivity index (χ0n) is 11.1. The van der Waals surface area contributed by atoms with Crippen LogP contribution in [0.3, 0.4) is 0 Å². The Kier molecular flexibility index (Phi) is 3.08. The number of rotatable bonds is 2. The van der Waals surface area contributed by atoms with Crippen LogP contribution in [0, 0.1) is 29.6 Å². The molecule has 4 saturated carbocycles. The summed E-state index contributed by atoms with van der Waals surface area (Å²) in [5.74, 6) is 4.47. The maximum absolute atomic E-state index is 6.86. The summed E-state index contributed by atoms with van der Waals surface area (Å²) in [7, 11) is 0. The molecule has 0 amide bonds. The Morgan fingerprint density at radius 1 is 0.947 bits per heavy atom. The first kappa shape index (κ1) is 12.5. The van der Waals surface area contributed by atoms with E-state index in [0.717, 1.165) is 28.7 Å². The molecule has 5 rings (SSSR count). The lowest BCUT2D eigenvalue weighted by Gasteiger charge is -2.55. The van der Waals surface area contributed by atoms with E-state index in [9.17, 15) is 0 Å². The molecule has 0 nitrogen and oxygen atoms in total. The minimum atomic E-state index is 0.161. The van der Waals surface area contributed by atoms with Crippen molar-refractivity contribution >= 4 is 23.2 Å². The van der Waals surface area contributed by atoms with Crippen LogP contribution in [0.15, 0.2) is 24.3 Å². The zero-order chi connectivity index (χ0) is 13.0. The van der Waals surface area contributed by atoms with E-state index in [0.29, 0.717) is 5.92 Å². The van der Waals surface area contributed by atoms with Gasteiger partial charge in [-0.25, -0.2) is 0 Å². The highest BCUT2D eigenvalue weighted by atomic mass is 35.5. The van der Waals surface area contributed by atoms with Crippen LogP contribution < -0.4 is 0 Å². The van der Waals surface area contributed by atoms with Crippen molar-refractivity contribution < 1.29 is 0 Å². The van der Waals surface area contributed by atoms with Crippen LogP contribution in [0.1, 0.15) is 43.0 Å². The van der Waals surface area contributed by atoms with Gasteiger partial charge in [-0.15, -0.1) is 11.6 Å². The van der Waals surface area contributed by atoms with Crippen molar-refractivity contribution in [2.45, 2.75) is 37.5 Å². The van der Waals surface area contributed by atoms with Crippen LogP contribution in [-0.4, -0.2) is 0 Å². The van der Waals surface area contributed by atoms with Gasteiger partial charge < -0.3 is 0 Å². The molecule has 0 heterocycles. The molecule has 0 N–H and O–H groups in total. The quantitative estimate of drug-likeness (QED) is 0.615. The molecule has 1 atom stereocenters. The minimum Gasteiger partial charge on any atom is -0.117 e. The molecule has 4 fully saturated rings. The van der Waals surface area contributed by atoms with Crippen LogP contribution in [0.2, 0.25) is 5.02 Å². The topological polar surface area (TPSA) is 0 Å². The molecular formula is C17H20Cl2. The maximum Gasteiger partial charge on any atom is 0.0619 e. The molecule has 0 aromatic heterocycles. The van der Waals surface area contributed by atoms with Crippen molar-refractivity contribution in [3.05, 3.63) is 34.9 Å². The normalized spacial score (nSPS) is 41.5. The summed E-state index contributed by atoms with van der Waals surface area (Å²) in [5, 5.41) is 0.973. The molecule has 4 aliphatic carbocycles. The largest absolute Gasteiger partial charge is 0.117 e. The van der Waals surface area contributed by atoms with E-state index in [1.807, 2.05) is 12.1 Å². The van der Waals surface area contributed by atoms with Crippen molar-refractivity contribution in [2.24, 2.45) is 29.6 Å². The fourth-order valence-corrected chi connectivity index (χ4v) is 6.09. The van der Waals surface area contributed by atoms with E-state index in [1.165, 1.54) is 37.7 Å². The Bertz CT molecular complexity index is 454. The fourth-order valence-electron chi connectivity index (χ4n) is 5.35. The van der Waals surface area contributed by atoms with Gasteiger partial charge >= 0.3 is 0 Å². The highest BCUT2D eigenvalue weighted by molar-refractivity contribution is 6.30. The lowest BCUT2D eigenvalue weighted by Crippen LogP contribution is -2.46. The van der Waals surface area contributed by atoms with Crippen molar-refractivity contribution in [2.75, 3.05) is 0 Å². The van der Waals surface area contributed by atoms with Gasteiger partial charge in [0.2, 0.25) is 0 Å². The summed E-state index contributed by atoms with van der Waals surface area (Å²) in [4.78, 5) is 0. The van der Waals surface area contributed by atoms with Crippen LogP contribution >= 0.6 is 23.2 Å². The second-order valence-corrected chi connectivity index (χ2v) is 7.87. The third-order valence-electron chi connectivity index (χ3n) is 5.80. The van der Waals surface area contributed by atoms with Crippen molar-refractivity contribution in [1.82, 2.24) is 0 Å². The zero-order valence-corrected chi connectivity index (χ0v) is 12.6. The van der Waals surface area contributed by atoms with Gasteiger partial charge in [0.25, 0.3) is 0 Å². The van der Waals surface area contributed by atoms with Crippen LogP contribution in [0.5, 0.6) is 0 Å². The van der Waals surface area contributed by atoms with Gasteiger partial charge in [0.15, 0.2) is 0 Å². The smallest absolute Gasteiger partial charge is 0.0619 e. The standard InChI is InChI=1S/C17H20Cl2/c18-15-3-1-2-12(9-15)17(19)16-13-5-10-4-11(7-13)8-14(16)6-10/h1-3,9-11,13-14,16-17H,4-8H2. The van der Waals surface area contributed by atoms with Crippen LogP contribution in [0.25, 0.3) is 0 Å². The summed E-state index contributed by atoms with van der Waals surface area (Å²) in [6, 6.07) is 8.17. The number of hydrogen-bond donors (Lipinski definition) is 0. The summed E-state index contributed by atoms with van der Waals surface area (Å²) in [6.07, 6.45) is 7.23. The van der Waals surface area contributed by atoms with E-state index < -0.39 is 0 Å². The predicted octanol–water partition coefficient (Wildman–Crippen LogP) is 5.69. The Balaban J connectivity index is 1.62. The highest BCUT2D eigenvalue weighted by Crippen LogP contribution is 2.60. The van der Waals surface area contributed by atoms with Gasteiger partial charge in [-0.3, -0.25) is 0 Å². The summed E-state index contributed by atoms with van der Waals surface area (Å²) >= 11 is 13.0. The van der Waals surface area contributed by atoms with Crippen LogP contribution in [-0.2, 0) is 0 Å². The molecular weight excluding hydrogens is 275 g/mol. The van der Waals surface area contributed by atoms with Crippen molar-refractivity contribution in [3.8, 4) is 0 Å². The summed E-state index contributed by atoms with van der Waals surface area (Å²) < 4.78 is 0. The SMILES string of the molecule is Clc1cccc(C(Cl)C2C3CC4CC(C3)CC2C4)c1. The molecule has 2 heteroatoms. The first-order chi connectivity index (χ1) is 9.20. The fraction of sp³-hybridized carbons (Fsp3) is 0.647. The Morgan fingerprint density at radius 2 is 1.58 bits per heavy atom. The van der Waals surface area contributed by atoms with Gasteiger partial charge in [-0.05, 0) is 79.4 Å². The van der Waals surface area contributed by atoms with Crippen LogP contribution in [0.4, 0.5) is 0 Å². The van der Waals surface area contributed by atoms with E-state index in [2.05, 4.69) is 12.1 Å². The molecule has 0 saturated heterocycles. The number of alkyl halides is 1. The third-order valence-corrected chi connectivity index (χ3v) is 6.58. The molecule has 4 bridgehead atoms. The molecule has 4 aliphatic rings. The predicted molar refractivity (Wildman–Crippen MR) is 80.6 cm³/mol. The average Bonchev–Trinajstić information content (AvgIpc) is 2.37. The van der Waals surface area contributed by atoms with Gasteiger partial charge in [0.1, 0.15) is 0 Å². The molecule has 19 heavy (non-hydrogen) atoms. The van der Waals surface area contributed by atoms with Gasteiger partial charge in [0.05, 0.1) is 5.38 Å². The monoisotopic (exact) mass is 294 g/mol. The number of hydrogen-bond acceptors (Lipinski definition) is 0.